The largest absolute Gasteiger partial charge is 2.00 e. The van der Waals surface area contributed by atoms with Crippen LogP contribution in [0.5, 0.6) is 0 Å². The topological polar surface area (TPSA) is 152 Å². The third-order valence-electron chi connectivity index (χ3n) is 2.69. The van der Waals surface area contributed by atoms with E-state index in [1.54, 1.807) is 12.4 Å². The van der Waals surface area contributed by atoms with Gasteiger partial charge in [-0.05, 0) is 19.1 Å². The molecule has 0 aliphatic carbocycles. The van der Waals surface area contributed by atoms with Crippen LogP contribution in [0.15, 0.2) is 48.8 Å². The monoisotopic (exact) mass is 444 g/mol. The van der Waals surface area contributed by atoms with E-state index < -0.39 is 12.1 Å². The van der Waals surface area contributed by atoms with Crippen molar-refractivity contribution in [1.82, 2.24) is 9.97 Å². The molecule has 3 rings (SSSR count). The van der Waals surface area contributed by atoms with Crippen molar-refractivity contribution in [3.05, 3.63) is 48.8 Å². The van der Waals surface area contributed by atoms with Gasteiger partial charge in [0.15, 0.2) is 0 Å². The molecule has 1 atom stereocenters. The molecular formula is C15H19BrN2NiO5+2. The van der Waals surface area contributed by atoms with E-state index in [9.17, 15) is 9.90 Å². The van der Waals surface area contributed by atoms with Crippen molar-refractivity contribution in [2.24, 2.45) is 0 Å². The van der Waals surface area contributed by atoms with Crippen molar-refractivity contribution in [2.45, 2.75) is 13.0 Å². The number of rotatable bonds is 1. The Bertz CT molecular complexity index is 703. The van der Waals surface area contributed by atoms with Crippen LogP contribution in [0.25, 0.3) is 21.8 Å². The maximum Gasteiger partial charge on any atom is 2.00 e. The van der Waals surface area contributed by atoms with Crippen LogP contribution in [-0.4, -0.2) is 27.1 Å². The second kappa shape index (κ2) is 12.7. The maximum atomic E-state index is 9.34. The molecule has 134 valence electrons. The molecule has 0 saturated carbocycles. The molecule has 2 aromatic heterocycles. The van der Waals surface area contributed by atoms with Crippen molar-refractivity contribution in [3.8, 4) is 0 Å². The molecule has 7 nitrogen and oxygen atoms in total. The van der Waals surface area contributed by atoms with E-state index in [1.807, 2.05) is 12.1 Å². The Morgan fingerprint density at radius 3 is 1.62 bits per heavy atom. The summed E-state index contributed by atoms with van der Waals surface area (Å²) in [4.78, 5) is 18.0. The summed E-state index contributed by atoms with van der Waals surface area (Å²) in [6.45, 7) is 1.13. The van der Waals surface area contributed by atoms with E-state index in [1.165, 1.54) is 0 Å². The third-order valence-corrected chi connectivity index (χ3v) is 2.69. The van der Waals surface area contributed by atoms with Crippen LogP contribution in [0.1, 0.15) is 6.92 Å². The van der Waals surface area contributed by atoms with E-state index in [-0.39, 0.29) is 44.4 Å². The predicted octanol–water partition coefficient (Wildman–Crippen LogP) is -3.94. The van der Waals surface area contributed by atoms with Crippen molar-refractivity contribution < 1.29 is 59.4 Å². The van der Waals surface area contributed by atoms with E-state index in [2.05, 4.69) is 34.2 Å². The van der Waals surface area contributed by atoms with Crippen molar-refractivity contribution in [2.75, 3.05) is 0 Å². The van der Waals surface area contributed by atoms with Crippen LogP contribution in [0.4, 0.5) is 0 Å². The summed E-state index contributed by atoms with van der Waals surface area (Å²) >= 11 is 0. The number of benzene rings is 1. The molecule has 1 aromatic carbocycles. The van der Waals surface area contributed by atoms with Crippen molar-refractivity contribution in [3.63, 3.8) is 0 Å². The Morgan fingerprint density at radius 1 is 1.00 bits per heavy atom. The molecule has 7 N–H and O–H groups in total. The number of carboxylic acid groups (broad SMARTS) is 1. The quantitative estimate of drug-likeness (QED) is 0.230. The average molecular weight is 446 g/mol. The van der Waals surface area contributed by atoms with Gasteiger partial charge in [0, 0.05) is 23.2 Å². The Hall–Kier alpha value is -1.64. The molecular weight excluding hydrogens is 427 g/mol. The molecule has 0 aliphatic heterocycles. The van der Waals surface area contributed by atoms with Gasteiger partial charge in [0.1, 0.15) is 0 Å². The number of aliphatic hydroxyl groups is 1. The minimum atomic E-state index is -1.44. The van der Waals surface area contributed by atoms with Gasteiger partial charge in [-0.2, -0.15) is 0 Å². The van der Waals surface area contributed by atoms with E-state index in [0.29, 0.717) is 0 Å². The Balaban J connectivity index is -0.000000394. The van der Waals surface area contributed by atoms with Crippen molar-refractivity contribution in [1.29, 1.82) is 0 Å². The summed E-state index contributed by atoms with van der Waals surface area (Å²) < 4.78 is 0. The summed E-state index contributed by atoms with van der Waals surface area (Å²) in [6, 6.07) is 12.1. The number of hydrogen-bond donors (Lipinski definition) is 1. The zero-order valence-electron chi connectivity index (χ0n) is 12.7. The SMILES string of the molecule is C[C@H](O)C(=O)[O-].[Br-].[Ni+2].[OH3+].[OH3+].c1cnc2c(c1)ccc1cccnc12. The minimum Gasteiger partial charge on any atom is -1.00 e. The van der Waals surface area contributed by atoms with E-state index in [4.69, 9.17) is 5.11 Å². The van der Waals surface area contributed by atoms with Crippen LogP contribution in [0.2, 0.25) is 0 Å². The van der Waals surface area contributed by atoms with Gasteiger partial charge >= 0.3 is 16.5 Å². The summed E-state index contributed by atoms with van der Waals surface area (Å²) in [7, 11) is 0. The van der Waals surface area contributed by atoms with Gasteiger partial charge in [-0.1, -0.05) is 24.3 Å². The number of carbonyl (C=O) groups excluding carboxylic acids is 1. The number of fused-ring (bicyclic) bond motifs is 3. The number of carboxylic acids is 1. The van der Waals surface area contributed by atoms with Crippen molar-refractivity contribution >= 4 is 27.8 Å². The normalized spacial score (nSPS) is 9.75. The Labute approximate surface area is 159 Å². The molecule has 0 fully saturated rings. The molecule has 0 radical (unpaired) electrons. The van der Waals surface area contributed by atoms with Crippen LogP contribution in [0, 0.1) is 0 Å². The summed E-state index contributed by atoms with van der Waals surface area (Å²) in [5.74, 6) is -1.44. The molecule has 0 unspecified atom stereocenters. The molecule has 0 aliphatic rings. The number of aromatic nitrogens is 2. The van der Waals surface area contributed by atoms with Gasteiger partial charge < -0.3 is 42.9 Å². The molecule has 3 aromatic rings. The Morgan fingerprint density at radius 2 is 1.33 bits per heavy atom. The van der Waals surface area contributed by atoms with Gasteiger partial charge in [0.25, 0.3) is 0 Å². The first-order chi connectivity index (χ1) is 9.59. The molecule has 9 heteroatoms. The molecule has 0 amide bonds. The minimum absolute atomic E-state index is 0. The molecule has 0 saturated heterocycles. The van der Waals surface area contributed by atoms with E-state index in [0.717, 1.165) is 28.7 Å². The van der Waals surface area contributed by atoms with Gasteiger partial charge in [-0.25, -0.2) is 0 Å². The fourth-order valence-electron chi connectivity index (χ4n) is 1.68. The zero-order valence-corrected chi connectivity index (χ0v) is 15.3. The summed E-state index contributed by atoms with van der Waals surface area (Å²) in [5.41, 5.74) is 1.95. The van der Waals surface area contributed by atoms with Crippen LogP contribution in [-0.2, 0) is 32.2 Å². The third kappa shape index (κ3) is 6.86. The second-order valence-corrected chi connectivity index (χ2v) is 4.21. The first-order valence-electron chi connectivity index (χ1n) is 6.07. The first-order valence-corrected chi connectivity index (χ1v) is 6.07. The fourth-order valence-corrected chi connectivity index (χ4v) is 1.68. The number of aliphatic hydroxyl groups excluding tert-OH is 1. The number of aliphatic carboxylic acids is 1. The van der Waals surface area contributed by atoms with Gasteiger partial charge in [0.05, 0.1) is 23.1 Å². The summed E-state index contributed by atoms with van der Waals surface area (Å²) in [5, 5.41) is 19.6. The molecule has 2 heterocycles. The van der Waals surface area contributed by atoms with Crippen LogP contribution in [0.3, 0.4) is 0 Å². The first kappa shape index (κ1) is 27.2. The number of hydrogen-bond acceptors (Lipinski definition) is 5. The van der Waals surface area contributed by atoms with Gasteiger partial charge in [0.2, 0.25) is 0 Å². The van der Waals surface area contributed by atoms with Crippen LogP contribution >= 0.6 is 0 Å². The fraction of sp³-hybridized carbons (Fsp3) is 0.133. The Kier molecular flexibility index (Phi) is 14.5. The molecule has 0 bridgehead atoms. The van der Waals surface area contributed by atoms with E-state index >= 15 is 0 Å². The number of carbonyl (C=O) groups is 1. The van der Waals surface area contributed by atoms with Crippen LogP contribution < -0.4 is 22.1 Å². The predicted molar refractivity (Wildman–Crippen MR) is 83.5 cm³/mol. The smallest absolute Gasteiger partial charge is 1.00 e. The zero-order chi connectivity index (χ0) is 14.5. The molecule has 0 spiro atoms. The maximum absolute atomic E-state index is 9.34. The average Bonchev–Trinajstić information content (AvgIpc) is 2.47. The standard InChI is InChI=1S/C12H8N2.C3H6O3.BrH.Ni.2H2O/c1-3-9-5-6-10-4-2-8-14-12(10)11(9)13-7-1;1-2(4)3(5)6;;;;/h1-8H;2,4H,1H3,(H,5,6);1H;;2*1H2/q;;;+2;;/t;2-;;;;/m.0..../s1. The molecule has 24 heavy (non-hydrogen) atoms. The number of halogens is 1. The summed E-state index contributed by atoms with van der Waals surface area (Å²) in [6.07, 6.45) is 2.26. The second-order valence-electron chi connectivity index (χ2n) is 4.21. The number of pyridine rings is 2. The number of nitrogens with zero attached hydrogens (tertiary/aromatic N) is 2. The van der Waals surface area contributed by atoms with Gasteiger partial charge in [-0.3, -0.25) is 9.97 Å². The van der Waals surface area contributed by atoms with Gasteiger partial charge in [-0.15, -0.1) is 0 Å².